The van der Waals surface area contributed by atoms with Crippen LogP contribution in [0, 0.1) is 11.3 Å². The molecule has 0 fully saturated rings. The van der Waals surface area contributed by atoms with Crippen LogP contribution in [0.4, 0.5) is 0 Å². The van der Waals surface area contributed by atoms with Crippen LogP contribution < -0.4 is 4.72 Å². The van der Waals surface area contributed by atoms with Gasteiger partial charge in [0.2, 0.25) is 0 Å². The number of pyridine rings is 1. The van der Waals surface area contributed by atoms with Gasteiger partial charge >= 0.3 is 0 Å². The van der Waals surface area contributed by atoms with Crippen molar-refractivity contribution in [2.75, 3.05) is 0 Å². The molecule has 0 saturated carbocycles. The SMILES string of the molecule is C[C@H](N[S@+]([O-])C(C)(C)C)c1ccc(C#N)nc1. The van der Waals surface area contributed by atoms with Crippen LogP contribution in [0.3, 0.4) is 0 Å². The third kappa shape index (κ3) is 4.00. The molecule has 0 aliphatic rings. The quantitative estimate of drug-likeness (QED) is 0.835. The third-order valence-corrected chi connectivity index (χ3v) is 3.92. The fourth-order valence-electron chi connectivity index (χ4n) is 1.13. The first-order chi connectivity index (χ1) is 7.84. The summed E-state index contributed by atoms with van der Waals surface area (Å²) in [5.41, 5.74) is 1.31. The average Bonchev–Trinajstić information content (AvgIpc) is 2.27. The number of nitriles is 1. The standard InChI is InChI=1S/C12H17N3OS/c1-9(15-17(16)12(2,3)4)10-5-6-11(7-13)14-8-10/h5-6,8-9,15H,1-4H3/t9-,17+/m0/s1. The van der Waals surface area contributed by atoms with E-state index in [0.717, 1.165) is 5.56 Å². The maximum Gasteiger partial charge on any atom is 0.140 e. The Morgan fingerprint density at radius 2 is 2.12 bits per heavy atom. The summed E-state index contributed by atoms with van der Waals surface area (Å²) >= 11 is -1.12. The van der Waals surface area contributed by atoms with Gasteiger partial charge in [0.05, 0.1) is 6.04 Å². The molecule has 1 aromatic rings. The lowest BCUT2D eigenvalue weighted by atomic mass is 10.1. The van der Waals surface area contributed by atoms with E-state index in [-0.39, 0.29) is 10.8 Å². The zero-order chi connectivity index (χ0) is 13.1. The number of rotatable bonds is 3. The molecule has 0 unspecified atom stereocenters. The van der Waals surface area contributed by atoms with Crippen LogP contribution in [-0.4, -0.2) is 14.3 Å². The highest BCUT2D eigenvalue weighted by atomic mass is 32.2. The number of hydrogen-bond acceptors (Lipinski definition) is 4. The minimum atomic E-state index is -1.12. The Balaban J connectivity index is 2.70. The second-order valence-corrected chi connectivity index (χ2v) is 6.81. The van der Waals surface area contributed by atoms with Crippen molar-refractivity contribution >= 4 is 11.4 Å². The Kier molecular flexibility index (Phi) is 4.52. The maximum absolute atomic E-state index is 11.9. The van der Waals surface area contributed by atoms with E-state index in [9.17, 15) is 4.55 Å². The van der Waals surface area contributed by atoms with Gasteiger partial charge in [-0.1, -0.05) is 6.07 Å². The molecule has 4 nitrogen and oxygen atoms in total. The molecule has 0 bridgehead atoms. The minimum Gasteiger partial charge on any atom is -0.598 e. The van der Waals surface area contributed by atoms with Crippen molar-refractivity contribution in [3.63, 3.8) is 0 Å². The van der Waals surface area contributed by atoms with Crippen molar-refractivity contribution in [2.24, 2.45) is 0 Å². The first kappa shape index (κ1) is 14.0. The predicted octanol–water partition coefficient (Wildman–Crippen LogP) is 2.07. The Bertz CT molecular complexity index is 405. The van der Waals surface area contributed by atoms with Crippen molar-refractivity contribution < 1.29 is 4.55 Å². The molecule has 1 aromatic heterocycles. The summed E-state index contributed by atoms with van der Waals surface area (Å²) in [6, 6.07) is 5.39. The molecule has 17 heavy (non-hydrogen) atoms. The summed E-state index contributed by atoms with van der Waals surface area (Å²) in [4.78, 5) is 3.99. The highest BCUT2D eigenvalue weighted by Crippen LogP contribution is 2.19. The fraction of sp³-hybridized carbons (Fsp3) is 0.500. The molecule has 1 N–H and O–H groups in total. The Morgan fingerprint density at radius 1 is 1.47 bits per heavy atom. The van der Waals surface area contributed by atoms with Gasteiger partial charge in [-0.2, -0.15) is 5.26 Å². The van der Waals surface area contributed by atoms with Crippen molar-refractivity contribution in [1.29, 1.82) is 5.26 Å². The van der Waals surface area contributed by atoms with E-state index in [1.54, 1.807) is 12.3 Å². The molecular formula is C12H17N3OS. The van der Waals surface area contributed by atoms with Gasteiger partial charge in [0.1, 0.15) is 16.5 Å². The average molecular weight is 251 g/mol. The topological polar surface area (TPSA) is 71.8 Å². The van der Waals surface area contributed by atoms with E-state index in [2.05, 4.69) is 9.71 Å². The normalized spacial score (nSPS) is 15.1. The van der Waals surface area contributed by atoms with Gasteiger partial charge in [0.15, 0.2) is 0 Å². The maximum atomic E-state index is 11.9. The molecule has 0 aliphatic carbocycles. The van der Waals surface area contributed by atoms with Gasteiger partial charge in [-0.3, -0.25) is 0 Å². The lowest BCUT2D eigenvalue weighted by molar-refractivity contribution is 0.531. The molecule has 2 atom stereocenters. The van der Waals surface area contributed by atoms with Crippen molar-refractivity contribution in [3.8, 4) is 6.07 Å². The van der Waals surface area contributed by atoms with Crippen LogP contribution in [-0.2, 0) is 11.4 Å². The largest absolute Gasteiger partial charge is 0.598 e. The highest BCUT2D eigenvalue weighted by Gasteiger charge is 2.28. The minimum absolute atomic E-state index is 0.0599. The second kappa shape index (κ2) is 5.50. The molecule has 1 rings (SSSR count). The Hall–Kier alpha value is -1.09. The lowest BCUT2D eigenvalue weighted by Crippen LogP contribution is -2.40. The second-order valence-electron chi connectivity index (χ2n) is 4.81. The van der Waals surface area contributed by atoms with E-state index in [0.29, 0.717) is 5.69 Å². The summed E-state index contributed by atoms with van der Waals surface area (Å²) in [6.45, 7) is 7.67. The molecule has 92 valence electrons. The lowest BCUT2D eigenvalue weighted by Gasteiger charge is -2.26. The van der Waals surface area contributed by atoms with Crippen molar-refractivity contribution in [1.82, 2.24) is 9.71 Å². The highest BCUT2D eigenvalue weighted by molar-refractivity contribution is 7.90. The number of hydrogen-bond donors (Lipinski definition) is 1. The van der Waals surface area contributed by atoms with E-state index >= 15 is 0 Å². The predicted molar refractivity (Wildman–Crippen MR) is 68.4 cm³/mol. The van der Waals surface area contributed by atoms with Crippen LogP contribution in [0.2, 0.25) is 0 Å². The summed E-state index contributed by atoms with van der Waals surface area (Å²) in [7, 11) is 0. The van der Waals surface area contributed by atoms with E-state index in [4.69, 9.17) is 5.26 Å². The van der Waals surface area contributed by atoms with Crippen molar-refractivity contribution in [3.05, 3.63) is 29.6 Å². The Labute approximate surface area is 105 Å². The molecule has 0 saturated heterocycles. The van der Waals surface area contributed by atoms with Gasteiger partial charge < -0.3 is 4.55 Å². The van der Waals surface area contributed by atoms with Gasteiger partial charge in [-0.05, 0) is 39.3 Å². The number of nitrogens with zero attached hydrogens (tertiary/aromatic N) is 2. The van der Waals surface area contributed by atoms with Crippen LogP contribution in [0.25, 0.3) is 0 Å². The van der Waals surface area contributed by atoms with E-state index < -0.39 is 11.4 Å². The summed E-state index contributed by atoms with van der Waals surface area (Å²) in [5, 5.41) is 8.64. The third-order valence-electron chi connectivity index (χ3n) is 2.24. The van der Waals surface area contributed by atoms with Gasteiger partial charge in [-0.25, -0.2) is 4.98 Å². The molecule has 0 spiro atoms. The van der Waals surface area contributed by atoms with Crippen LogP contribution >= 0.6 is 0 Å². The zero-order valence-corrected chi connectivity index (χ0v) is 11.3. The fourth-order valence-corrected chi connectivity index (χ4v) is 1.94. The number of aromatic nitrogens is 1. The van der Waals surface area contributed by atoms with Crippen LogP contribution in [0.1, 0.15) is 45.0 Å². The van der Waals surface area contributed by atoms with Gasteiger partial charge in [0.25, 0.3) is 0 Å². The van der Waals surface area contributed by atoms with Gasteiger partial charge in [0, 0.05) is 17.6 Å². The molecule has 0 amide bonds. The van der Waals surface area contributed by atoms with Crippen LogP contribution in [0.5, 0.6) is 0 Å². The molecule has 0 aliphatic heterocycles. The smallest absolute Gasteiger partial charge is 0.140 e. The number of nitrogens with one attached hydrogen (secondary N) is 1. The molecule has 0 aromatic carbocycles. The molecule has 0 radical (unpaired) electrons. The van der Waals surface area contributed by atoms with Gasteiger partial charge in [-0.15, -0.1) is 4.72 Å². The molecular weight excluding hydrogens is 234 g/mol. The monoisotopic (exact) mass is 251 g/mol. The van der Waals surface area contributed by atoms with Crippen LogP contribution in [0.15, 0.2) is 18.3 Å². The summed E-state index contributed by atoms with van der Waals surface area (Å²) in [5.74, 6) is 0. The summed E-state index contributed by atoms with van der Waals surface area (Å²) < 4.78 is 14.6. The summed E-state index contributed by atoms with van der Waals surface area (Å²) in [6.07, 6.45) is 1.64. The first-order valence-corrected chi connectivity index (χ1v) is 6.53. The Morgan fingerprint density at radius 3 is 2.53 bits per heavy atom. The molecule has 1 heterocycles. The van der Waals surface area contributed by atoms with E-state index in [1.165, 1.54) is 0 Å². The first-order valence-electron chi connectivity index (χ1n) is 5.38. The zero-order valence-electron chi connectivity index (χ0n) is 10.5. The molecule has 5 heteroatoms. The van der Waals surface area contributed by atoms with Crippen molar-refractivity contribution in [2.45, 2.75) is 38.5 Å². The van der Waals surface area contributed by atoms with E-state index in [1.807, 2.05) is 39.8 Å².